The Kier molecular flexibility index (Phi) is 14.1. The molecule has 2 aromatic heterocycles. The number of nitrogens with zero attached hydrogens (tertiary/aromatic N) is 2. The number of aromatic hydroxyl groups is 2. The molecule has 2 aromatic carbocycles. The van der Waals surface area contributed by atoms with E-state index in [1.807, 2.05) is 39.0 Å². The van der Waals surface area contributed by atoms with Crippen LogP contribution in [0.4, 0.5) is 0 Å². The number of ketones is 3. The van der Waals surface area contributed by atoms with Crippen LogP contribution in [0.2, 0.25) is 0 Å². The first-order valence-corrected chi connectivity index (χ1v) is 27.6. The number of aromatic nitrogens is 2. The summed E-state index contributed by atoms with van der Waals surface area (Å²) in [6, 6.07) is 3.12. The monoisotopic (exact) mass is 1120 g/mol. The van der Waals surface area contributed by atoms with Gasteiger partial charge in [-0.3, -0.25) is 29.0 Å². The van der Waals surface area contributed by atoms with E-state index in [9.17, 15) is 44.4 Å². The van der Waals surface area contributed by atoms with Crippen molar-refractivity contribution in [2.75, 3.05) is 14.2 Å². The van der Waals surface area contributed by atoms with Gasteiger partial charge in [-0.15, -0.1) is 0 Å². The van der Waals surface area contributed by atoms with Crippen LogP contribution >= 0.6 is 0 Å². The summed E-state index contributed by atoms with van der Waals surface area (Å²) in [5.74, 6) is -6.62. The topological polar surface area (TPSA) is 310 Å². The maximum Gasteiger partial charge on any atom is 0.321 e. The smallest absolute Gasteiger partial charge is 0.321 e. The molecule has 1 amide bonds. The molecule has 10 atom stereocenters. The predicted octanol–water partition coefficient (Wildman–Crippen LogP) is 4.48. The molecular weight excluding hydrogens is 1050 g/mol. The molecule has 2 unspecified atom stereocenters. The van der Waals surface area contributed by atoms with Crippen molar-refractivity contribution < 1.29 is 63.3 Å². The Hall–Kier alpha value is -8.01. The number of carbonyl (C=O) groups excluding carboxylic acids is 5. The second-order valence-corrected chi connectivity index (χ2v) is 22.5. The number of rotatable bonds is 11. The maximum atomic E-state index is 14.6. The zero-order chi connectivity index (χ0) is 58.7. The summed E-state index contributed by atoms with van der Waals surface area (Å²) < 4.78 is 23.2. The number of aliphatic hydroxyl groups is 2. The van der Waals surface area contributed by atoms with Crippen molar-refractivity contribution in [1.29, 1.82) is 0 Å². The van der Waals surface area contributed by atoms with Gasteiger partial charge in [0.05, 0.1) is 66.7 Å². The highest BCUT2D eigenvalue weighted by Gasteiger charge is 2.53. The Balaban J connectivity index is 0.942. The number of esters is 1. The summed E-state index contributed by atoms with van der Waals surface area (Å²) >= 11 is 0. The molecule has 2 saturated heterocycles. The average Bonchev–Trinajstić information content (AvgIpc) is 1.51. The van der Waals surface area contributed by atoms with Gasteiger partial charge in [0.25, 0.3) is 0 Å². The van der Waals surface area contributed by atoms with E-state index in [2.05, 4.69) is 52.3 Å². The number of aromatic amines is 2. The first-order chi connectivity index (χ1) is 39.0. The number of amides is 1. The fourth-order valence-electron chi connectivity index (χ4n) is 13.3. The van der Waals surface area contributed by atoms with Crippen LogP contribution < -0.4 is 31.9 Å². The van der Waals surface area contributed by atoms with Gasteiger partial charge in [0.15, 0.2) is 17.9 Å². The highest BCUT2D eigenvalue weighted by molar-refractivity contribution is 6.42. The largest absolute Gasteiger partial charge is 0.507 e. The minimum atomic E-state index is -2.04. The normalized spacial score (nSPS) is 28.2. The van der Waals surface area contributed by atoms with Gasteiger partial charge in [0, 0.05) is 110 Å². The predicted molar refractivity (Wildman–Crippen MR) is 303 cm³/mol. The van der Waals surface area contributed by atoms with Crippen LogP contribution in [0.25, 0.3) is 24.3 Å². The number of Topliss-reactive ketones (excluding diaryl/α,β-unsaturated/α-hetero) is 1. The van der Waals surface area contributed by atoms with Gasteiger partial charge < -0.3 is 60.4 Å². The third kappa shape index (κ3) is 8.72. The number of carbonyl (C=O) groups is 5. The van der Waals surface area contributed by atoms with Crippen LogP contribution in [0.15, 0.2) is 63.0 Å². The summed E-state index contributed by atoms with van der Waals surface area (Å²) in [6.45, 7) is 17.3. The maximum absolute atomic E-state index is 14.6. The number of benzene rings is 2. The van der Waals surface area contributed by atoms with Gasteiger partial charge in [0.2, 0.25) is 11.7 Å². The average molecular weight is 1120 g/mol. The van der Waals surface area contributed by atoms with Crippen LogP contribution in [0.3, 0.4) is 0 Å². The molecule has 3 aliphatic carbocycles. The molecule has 20 heteroatoms. The lowest BCUT2D eigenvalue weighted by molar-refractivity contribution is -0.245. The third-order valence-corrected chi connectivity index (χ3v) is 18.0. The highest BCUT2D eigenvalue weighted by atomic mass is 16.7. The summed E-state index contributed by atoms with van der Waals surface area (Å²) in [4.78, 5) is 83.7. The van der Waals surface area contributed by atoms with Gasteiger partial charge in [-0.2, -0.15) is 5.10 Å². The summed E-state index contributed by atoms with van der Waals surface area (Å²) in [7, 11) is 2.58. The van der Waals surface area contributed by atoms with E-state index in [1.54, 1.807) is 6.92 Å². The number of aliphatic hydroxyl groups excluding tert-OH is 1. The molecule has 10 N–H and O–H groups in total. The van der Waals surface area contributed by atoms with Crippen molar-refractivity contribution in [1.82, 2.24) is 20.7 Å². The molecule has 4 aromatic rings. The highest BCUT2D eigenvalue weighted by Crippen LogP contribution is 2.53. The van der Waals surface area contributed by atoms with Gasteiger partial charge >= 0.3 is 5.97 Å². The van der Waals surface area contributed by atoms with Crippen molar-refractivity contribution in [3.63, 3.8) is 0 Å². The number of hydrazone groups is 1. The number of H-pyrrole nitrogens is 2. The number of ether oxygens (including phenoxy) is 4. The zero-order valence-corrected chi connectivity index (χ0v) is 47.1. The van der Waals surface area contributed by atoms with Gasteiger partial charge in [-0.05, 0) is 94.0 Å². The van der Waals surface area contributed by atoms with Crippen LogP contribution in [0.5, 0.6) is 17.2 Å². The molecule has 7 aliphatic rings. The second-order valence-electron chi connectivity index (χ2n) is 22.5. The molecule has 428 valence electrons. The lowest BCUT2D eigenvalue weighted by atomic mass is 9.71. The zero-order valence-electron chi connectivity index (χ0n) is 47.1. The summed E-state index contributed by atoms with van der Waals surface area (Å²) in [5.41, 5.74) is 14.4. The van der Waals surface area contributed by atoms with Crippen LogP contribution in [0.1, 0.15) is 143 Å². The number of allylic oxidation sites excluding steroid dienone is 3. The number of hydrogen-bond donors (Lipinski definition) is 9. The molecule has 11 rings (SSSR count). The van der Waals surface area contributed by atoms with Gasteiger partial charge in [0.1, 0.15) is 28.8 Å². The fraction of sp³-hybridized carbons (Fsp3) is 0.403. The van der Waals surface area contributed by atoms with E-state index in [0.29, 0.717) is 28.1 Å². The molecule has 8 bridgehead atoms. The van der Waals surface area contributed by atoms with Crippen LogP contribution in [-0.4, -0.2) is 121 Å². The molecule has 0 spiro atoms. The van der Waals surface area contributed by atoms with E-state index in [4.69, 9.17) is 29.7 Å². The first-order valence-electron chi connectivity index (χ1n) is 27.6. The van der Waals surface area contributed by atoms with E-state index in [1.165, 1.54) is 39.3 Å². The van der Waals surface area contributed by atoms with E-state index in [0.717, 1.165) is 56.5 Å². The SMILES string of the molecule is C=Cc1c2[nH]c(c1C)/C=C1\NC(=C3C4=NC(/C=c5\[nH]c(c(C)c5CC)=C2)C(C)=C4C(=O)C3C(=O)OC)[C@@H](CCC(=O)N/N=C(\C)[C@@]2(O)Cc3c(O)c4c(c(O)c3[C@H](O[C@@H]3C[C@H](N)[C@H](O)[C@H](C)O3)C2)C(=O)c2c(OC)cccc2C4=O)[C@H]1C. The number of nitrogens with two attached hydrogens (primary N) is 1. The lowest BCUT2D eigenvalue weighted by Gasteiger charge is -2.42. The molecule has 1 saturated carbocycles. The third-order valence-electron chi connectivity index (χ3n) is 18.0. The van der Waals surface area contributed by atoms with E-state index < -0.39 is 112 Å². The minimum absolute atomic E-state index is 0.0103. The number of methoxy groups -OCH3 is 2. The minimum Gasteiger partial charge on any atom is -0.507 e. The Morgan fingerprint density at radius 3 is 2.45 bits per heavy atom. The van der Waals surface area contributed by atoms with Crippen molar-refractivity contribution in [2.45, 2.75) is 129 Å². The van der Waals surface area contributed by atoms with Crippen molar-refractivity contribution in [3.8, 4) is 17.2 Å². The van der Waals surface area contributed by atoms with E-state index >= 15 is 0 Å². The number of fused-ring (bicyclic) bond motifs is 10. The molecule has 0 radical (unpaired) electrons. The van der Waals surface area contributed by atoms with Crippen molar-refractivity contribution in [3.05, 3.63) is 131 Å². The lowest BCUT2D eigenvalue weighted by Crippen LogP contribution is -2.52. The molecular formula is C62H67N7O13. The first kappa shape index (κ1) is 55.9. The number of aliphatic imine (C=N–C) groups is 1. The standard InChI is InChI=1S/C62H67N7O13/c1-11-30-24(3)36-19-38-26(5)32(53(66-38)49-52(61(77)80-10)58(74)46-27(6)39(67-54(46)49)21-41-31(12-2)25(4)37(65-41)20-40(30)64-36)16-17-44(70)69-68-29(8)62(78)22-34-48(43(23-62)82-45-18-35(63)55(71)28(7)81-45)60(76)51-50(57(34)73)56(72)33-14-13-15-42(79-9)47(33)59(51)75/h11,13-15,19-21,26,28,32,35,39,43,45,52,55,64-66,71,73,76,78H,1,12,16-18,22-23,63H2,2-10H3,(H,69,70)/b37-20?,38-19-,41-21-,53-49?,68-29+/t26-,28+,32+,35+,39?,43-,45-,52?,55-,62-/m1/s1. The number of hydrogen-bond acceptors (Lipinski definition) is 17. The Bertz CT molecular complexity index is 3810. The van der Waals surface area contributed by atoms with E-state index in [-0.39, 0.29) is 65.3 Å². The molecule has 6 heterocycles. The van der Waals surface area contributed by atoms with Crippen molar-refractivity contribution >= 4 is 65.0 Å². The number of phenolic OH excluding ortho intramolecular Hbond substituents is 2. The summed E-state index contributed by atoms with van der Waals surface area (Å²) in [6.07, 6.45) is 3.61. The molecule has 4 aliphatic heterocycles. The van der Waals surface area contributed by atoms with Gasteiger partial charge in [-0.1, -0.05) is 38.6 Å². The summed E-state index contributed by atoms with van der Waals surface area (Å²) in [5, 5.41) is 57.4. The molecule has 3 fully saturated rings. The number of phenols is 2. The molecule has 20 nitrogen and oxygen atoms in total. The Morgan fingerprint density at radius 2 is 1.76 bits per heavy atom. The second kappa shape index (κ2) is 20.8. The Labute approximate surface area is 472 Å². The number of nitrogens with one attached hydrogen (secondary N) is 4. The quantitative estimate of drug-likeness (QED) is 0.0290. The Morgan fingerprint density at radius 1 is 1.01 bits per heavy atom. The van der Waals surface area contributed by atoms with Crippen LogP contribution in [0, 0.1) is 31.6 Å². The fourth-order valence-corrected chi connectivity index (χ4v) is 13.3. The van der Waals surface area contributed by atoms with Crippen molar-refractivity contribution in [2.24, 2.45) is 33.6 Å². The molecule has 82 heavy (non-hydrogen) atoms. The van der Waals surface area contributed by atoms with Crippen LogP contribution in [-0.2, 0) is 41.4 Å². The van der Waals surface area contributed by atoms with Gasteiger partial charge in [-0.25, -0.2) is 5.43 Å².